The van der Waals surface area contributed by atoms with Crippen LogP contribution in [0.2, 0.25) is 0 Å². The van der Waals surface area contributed by atoms with Crippen LogP contribution in [0.4, 0.5) is 0 Å². The van der Waals surface area contributed by atoms with Crippen LogP contribution in [0, 0.1) is 0 Å². The lowest BCUT2D eigenvalue weighted by molar-refractivity contribution is -0.162. The number of ether oxygens (including phenoxy) is 2. The average Bonchev–Trinajstić information content (AvgIpc) is 3.08. The Kier molecular flexibility index (Phi) is 3.36. The number of carbonyl (C=O) groups is 1. The van der Waals surface area contributed by atoms with Gasteiger partial charge in [0.2, 0.25) is 5.60 Å². The third kappa shape index (κ3) is 2.38. The van der Waals surface area contributed by atoms with Crippen molar-refractivity contribution in [2.45, 2.75) is 69.7 Å². The molecular weight excluding hydrogens is 264 g/mol. The molecule has 1 saturated heterocycles. The molecule has 21 heavy (non-hydrogen) atoms. The van der Waals surface area contributed by atoms with Crippen molar-refractivity contribution in [3.05, 3.63) is 35.9 Å². The number of hydrogen-bond acceptors (Lipinski definition) is 3. The fourth-order valence-corrected chi connectivity index (χ4v) is 3.53. The van der Waals surface area contributed by atoms with E-state index < -0.39 is 11.2 Å². The molecule has 1 atom stereocenters. The molecule has 1 heterocycles. The van der Waals surface area contributed by atoms with Crippen LogP contribution in [0.3, 0.4) is 0 Å². The molecule has 1 saturated carbocycles. The van der Waals surface area contributed by atoms with Gasteiger partial charge in [-0.25, -0.2) is 4.79 Å². The van der Waals surface area contributed by atoms with E-state index >= 15 is 0 Å². The van der Waals surface area contributed by atoms with Gasteiger partial charge in [0.15, 0.2) is 0 Å². The highest BCUT2D eigenvalue weighted by molar-refractivity contribution is 5.87. The van der Waals surface area contributed by atoms with E-state index in [0.29, 0.717) is 0 Å². The van der Waals surface area contributed by atoms with Gasteiger partial charge >= 0.3 is 5.97 Å². The number of esters is 1. The first-order valence-electron chi connectivity index (χ1n) is 7.89. The third-order valence-electron chi connectivity index (χ3n) is 4.48. The molecule has 1 aliphatic heterocycles. The molecule has 2 fully saturated rings. The zero-order chi connectivity index (χ0) is 15.1. The summed E-state index contributed by atoms with van der Waals surface area (Å²) < 4.78 is 11.8. The van der Waals surface area contributed by atoms with Crippen LogP contribution in [0.25, 0.3) is 0 Å². The fourth-order valence-electron chi connectivity index (χ4n) is 3.53. The first-order chi connectivity index (χ1) is 9.90. The molecule has 1 aromatic carbocycles. The third-order valence-corrected chi connectivity index (χ3v) is 4.48. The maximum absolute atomic E-state index is 12.9. The lowest BCUT2D eigenvalue weighted by atomic mass is 9.76. The largest absolute Gasteiger partial charge is 0.457 e. The van der Waals surface area contributed by atoms with E-state index in [0.717, 1.165) is 31.2 Å². The summed E-state index contributed by atoms with van der Waals surface area (Å²) in [5.74, 6) is -0.233. The van der Waals surface area contributed by atoms with Crippen LogP contribution in [-0.2, 0) is 19.9 Å². The van der Waals surface area contributed by atoms with Crippen LogP contribution in [-0.4, -0.2) is 17.2 Å². The number of epoxide rings is 1. The number of carbonyl (C=O) groups excluding carboxylic acids is 1. The van der Waals surface area contributed by atoms with Gasteiger partial charge in [0.05, 0.1) is 0 Å². The SMILES string of the molecule is CC(C)(C)OC(=O)C1(c2ccccc2)OC12CCCCC2. The van der Waals surface area contributed by atoms with E-state index in [1.54, 1.807) is 0 Å². The van der Waals surface area contributed by atoms with E-state index in [-0.39, 0.29) is 11.6 Å². The lowest BCUT2D eigenvalue weighted by Crippen LogP contribution is -2.38. The van der Waals surface area contributed by atoms with Gasteiger partial charge in [-0.15, -0.1) is 0 Å². The predicted octanol–water partition coefficient (Wildman–Crippen LogP) is 3.96. The number of benzene rings is 1. The van der Waals surface area contributed by atoms with Crippen molar-refractivity contribution in [3.8, 4) is 0 Å². The zero-order valence-electron chi connectivity index (χ0n) is 13.1. The van der Waals surface area contributed by atoms with Gasteiger partial charge in [0.1, 0.15) is 11.2 Å². The van der Waals surface area contributed by atoms with Gasteiger partial charge in [0, 0.05) is 0 Å². The van der Waals surface area contributed by atoms with E-state index in [1.165, 1.54) is 6.42 Å². The second-order valence-corrected chi connectivity index (χ2v) is 7.21. The molecule has 0 N–H and O–H groups in total. The maximum atomic E-state index is 12.9. The van der Waals surface area contributed by atoms with Crippen LogP contribution in [0.15, 0.2) is 30.3 Å². The molecular formula is C18H24O3. The van der Waals surface area contributed by atoms with Gasteiger partial charge in [-0.2, -0.15) is 0 Å². The van der Waals surface area contributed by atoms with Crippen molar-refractivity contribution in [2.24, 2.45) is 0 Å². The van der Waals surface area contributed by atoms with Crippen LogP contribution in [0.5, 0.6) is 0 Å². The smallest absolute Gasteiger partial charge is 0.346 e. The summed E-state index contributed by atoms with van der Waals surface area (Å²) in [5, 5.41) is 0. The first-order valence-corrected chi connectivity index (χ1v) is 7.89. The van der Waals surface area contributed by atoms with Crippen molar-refractivity contribution < 1.29 is 14.3 Å². The molecule has 1 aromatic rings. The van der Waals surface area contributed by atoms with E-state index in [4.69, 9.17) is 9.47 Å². The number of rotatable bonds is 2. The molecule has 114 valence electrons. The highest BCUT2D eigenvalue weighted by Gasteiger charge is 2.76. The molecule has 0 bridgehead atoms. The fraction of sp³-hybridized carbons (Fsp3) is 0.611. The summed E-state index contributed by atoms with van der Waals surface area (Å²) in [6.07, 6.45) is 5.36. The van der Waals surface area contributed by atoms with Crippen molar-refractivity contribution in [1.29, 1.82) is 0 Å². The van der Waals surface area contributed by atoms with Gasteiger partial charge in [-0.3, -0.25) is 0 Å². The van der Waals surface area contributed by atoms with Gasteiger partial charge < -0.3 is 9.47 Å². The van der Waals surface area contributed by atoms with E-state index in [2.05, 4.69) is 0 Å². The molecule has 3 nitrogen and oxygen atoms in total. The Hall–Kier alpha value is -1.35. The molecule has 1 spiro atoms. The molecule has 2 aliphatic rings. The van der Waals surface area contributed by atoms with Crippen molar-refractivity contribution >= 4 is 5.97 Å². The van der Waals surface area contributed by atoms with Crippen LogP contribution >= 0.6 is 0 Å². The highest BCUT2D eigenvalue weighted by Crippen LogP contribution is 2.63. The normalized spacial score (nSPS) is 27.4. The monoisotopic (exact) mass is 288 g/mol. The minimum absolute atomic E-state index is 0.233. The topological polar surface area (TPSA) is 38.8 Å². The molecule has 1 aliphatic carbocycles. The average molecular weight is 288 g/mol. The summed E-state index contributed by atoms with van der Waals surface area (Å²) in [6, 6.07) is 9.84. The van der Waals surface area contributed by atoms with Crippen molar-refractivity contribution in [3.63, 3.8) is 0 Å². The Bertz CT molecular complexity index is 523. The summed E-state index contributed by atoms with van der Waals surface area (Å²) in [7, 11) is 0. The Balaban J connectivity index is 1.96. The quantitative estimate of drug-likeness (QED) is 0.611. The van der Waals surface area contributed by atoms with E-state index in [9.17, 15) is 4.79 Å². The second kappa shape index (κ2) is 4.84. The molecule has 0 amide bonds. The van der Waals surface area contributed by atoms with Gasteiger partial charge in [-0.05, 0) is 39.2 Å². The Morgan fingerprint density at radius 3 is 2.29 bits per heavy atom. The second-order valence-electron chi connectivity index (χ2n) is 7.21. The van der Waals surface area contributed by atoms with Crippen LogP contribution < -0.4 is 0 Å². The summed E-state index contributed by atoms with van der Waals surface area (Å²) in [4.78, 5) is 12.9. The molecule has 0 radical (unpaired) electrons. The zero-order valence-corrected chi connectivity index (χ0v) is 13.1. The summed E-state index contributed by atoms with van der Waals surface area (Å²) in [6.45, 7) is 5.71. The highest BCUT2D eigenvalue weighted by atomic mass is 16.7. The summed E-state index contributed by atoms with van der Waals surface area (Å²) >= 11 is 0. The minimum atomic E-state index is -0.887. The van der Waals surface area contributed by atoms with Crippen molar-refractivity contribution in [1.82, 2.24) is 0 Å². The lowest BCUT2D eigenvalue weighted by Gasteiger charge is -2.26. The van der Waals surface area contributed by atoms with Gasteiger partial charge in [0.25, 0.3) is 0 Å². The molecule has 1 unspecified atom stereocenters. The minimum Gasteiger partial charge on any atom is -0.457 e. The van der Waals surface area contributed by atoms with E-state index in [1.807, 2.05) is 51.1 Å². The molecule has 0 aromatic heterocycles. The Morgan fingerprint density at radius 2 is 1.71 bits per heavy atom. The van der Waals surface area contributed by atoms with Gasteiger partial charge in [-0.1, -0.05) is 49.6 Å². The maximum Gasteiger partial charge on any atom is 0.346 e. The summed E-state index contributed by atoms with van der Waals surface area (Å²) in [5.41, 5.74) is -0.793. The predicted molar refractivity (Wildman–Crippen MR) is 80.9 cm³/mol. The Morgan fingerprint density at radius 1 is 1.10 bits per heavy atom. The number of hydrogen-bond donors (Lipinski definition) is 0. The van der Waals surface area contributed by atoms with Crippen molar-refractivity contribution in [2.75, 3.05) is 0 Å². The Labute approximate surface area is 126 Å². The first kappa shape index (κ1) is 14.6. The standard InChI is InChI=1S/C18H24O3/c1-16(2,3)20-15(19)18(14-10-6-4-7-11-14)17(21-18)12-8-5-9-13-17/h4,6-7,10-11H,5,8-9,12-13H2,1-3H3. The molecule has 3 rings (SSSR count). The molecule has 3 heteroatoms. The van der Waals surface area contributed by atoms with Crippen LogP contribution in [0.1, 0.15) is 58.4 Å².